The number of carbonyl (C=O) groups is 1. The molecule has 66 valence electrons. The number of rotatable bonds is 4. The van der Waals surface area contributed by atoms with Gasteiger partial charge in [0.1, 0.15) is 5.78 Å². The highest BCUT2D eigenvalue weighted by molar-refractivity contribution is 5.77. The van der Waals surface area contributed by atoms with Crippen molar-refractivity contribution < 1.29 is 4.79 Å². The summed E-state index contributed by atoms with van der Waals surface area (Å²) in [5.41, 5.74) is 0.324. The Hall–Kier alpha value is -0.330. The molecule has 0 aromatic rings. The molecule has 0 N–H and O–H groups in total. The van der Waals surface area contributed by atoms with E-state index in [1.54, 1.807) is 6.92 Å². The normalized spacial score (nSPS) is 14.6. The van der Waals surface area contributed by atoms with Gasteiger partial charge < -0.3 is 0 Å². The lowest BCUT2D eigenvalue weighted by Gasteiger charge is -2.25. The fourth-order valence-electron chi connectivity index (χ4n) is 1.12. The second kappa shape index (κ2) is 3.89. The highest BCUT2D eigenvalue weighted by Gasteiger charge is 2.20. The van der Waals surface area contributed by atoms with Gasteiger partial charge in [-0.05, 0) is 18.8 Å². The summed E-state index contributed by atoms with van der Waals surface area (Å²) in [6.45, 7) is 10.3. The van der Waals surface area contributed by atoms with Crippen LogP contribution in [0.1, 0.15) is 47.5 Å². The van der Waals surface area contributed by atoms with Crippen molar-refractivity contribution in [3.63, 3.8) is 0 Å². The first-order valence-corrected chi connectivity index (χ1v) is 4.39. The van der Waals surface area contributed by atoms with E-state index in [1.807, 2.05) is 6.92 Å². The van der Waals surface area contributed by atoms with Crippen LogP contribution in [0.25, 0.3) is 0 Å². The van der Waals surface area contributed by atoms with Crippen LogP contribution in [0, 0.1) is 11.3 Å². The van der Waals surface area contributed by atoms with Crippen molar-refractivity contribution in [2.24, 2.45) is 11.3 Å². The molecule has 0 aromatic heterocycles. The molecular formula is C10H20O. The van der Waals surface area contributed by atoms with Crippen LogP contribution in [-0.4, -0.2) is 5.78 Å². The maximum Gasteiger partial charge on any atom is 0.132 e. The zero-order chi connectivity index (χ0) is 9.07. The van der Waals surface area contributed by atoms with Crippen molar-refractivity contribution in [2.45, 2.75) is 47.5 Å². The summed E-state index contributed by atoms with van der Waals surface area (Å²) in [6.07, 6.45) is 2.16. The average molecular weight is 156 g/mol. The minimum Gasteiger partial charge on any atom is -0.300 e. The van der Waals surface area contributed by atoms with Crippen molar-refractivity contribution in [1.29, 1.82) is 0 Å². The van der Waals surface area contributed by atoms with E-state index in [0.29, 0.717) is 11.2 Å². The Bertz CT molecular complexity index is 136. The average Bonchev–Trinajstić information content (AvgIpc) is 1.87. The van der Waals surface area contributed by atoms with Crippen LogP contribution in [0.4, 0.5) is 0 Å². The van der Waals surface area contributed by atoms with Gasteiger partial charge in [-0.15, -0.1) is 0 Å². The maximum absolute atomic E-state index is 10.9. The van der Waals surface area contributed by atoms with E-state index in [-0.39, 0.29) is 5.92 Å². The topological polar surface area (TPSA) is 17.1 Å². The lowest BCUT2D eigenvalue weighted by atomic mass is 9.80. The van der Waals surface area contributed by atoms with E-state index in [0.717, 1.165) is 12.8 Å². The van der Waals surface area contributed by atoms with Gasteiger partial charge >= 0.3 is 0 Å². The molecular weight excluding hydrogens is 136 g/mol. The standard InChI is InChI=1S/C10H20O/c1-6-10(4,5)7-8(2)9(3)11/h8H,6-7H2,1-5H3. The van der Waals surface area contributed by atoms with Crippen LogP contribution in [-0.2, 0) is 4.79 Å². The number of ketones is 1. The van der Waals surface area contributed by atoms with Gasteiger partial charge in [0.25, 0.3) is 0 Å². The highest BCUT2D eigenvalue weighted by atomic mass is 16.1. The van der Waals surface area contributed by atoms with Crippen molar-refractivity contribution >= 4 is 5.78 Å². The molecule has 0 aliphatic carbocycles. The molecule has 0 saturated heterocycles. The van der Waals surface area contributed by atoms with E-state index in [2.05, 4.69) is 20.8 Å². The predicted molar refractivity (Wildman–Crippen MR) is 48.5 cm³/mol. The molecule has 11 heavy (non-hydrogen) atoms. The molecule has 0 aliphatic rings. The third kappa shape index (κ3) is 4.18. The highest BCUT2D eigenvalue weighted by Crippen LogP contribution is 2.28. The van der Waals surface area contributed by atoms with Crippen LogP contribution in [0.3, 0.4) is 0 Å². The smallest absolute Gasteiger partial charge is 0.132 e. The van der Waals surface area contributed by atoms with Gasteiger partial charge in [-0.1, -0.05) is 34.1 Å². The van der Waals surface area contributed by atoms with Crippen LogP contribution in [0.2, 0.25) is 0 Å². The summed E-state index contributed by atoms with van der Waals surface area (Å²) in [5.74, 6) is 0.538. The molecule has 0 bridgehead atoms. The van der Waals surface area contributed by atoms with Gasteiger partial charge in [0.05, 0.1) is 0 Å². The summed E-state index contributed by atoms with van der Waals surface area (Å²) < 4.78 is 0. The Morgan fingerprint density at radius 1 is 1.45 bits per heavy atom. The van der Waals surface area contributed by atoms with Gasteiger partial charge in [-0.25, -0.2) is 0 Å². The van der Waals surface area contributed by atoms with Crippen LogP contribution >= 0.6 is 0 Å². The molecule has 1 atom stereocenters. The first-order chi connectivity index (χ1) is 4.89. The van der Waals surface area contributed by atoms with E-state index in [9.17, 15) is 4.79 Å². The number of hydrogen-bond acceptors (Lipinski definition) is 1. The number of carbonyl (C=O) groups excluding carboxylic acids is 1. The van der Waals surface area contributed by atoms with Crippen molar-refractivity contribution in [3.8, 4) is 0 Å². The van der Waals surface area contributed by atoms with Gasteiger partial charge in [0.2, 0.25) is 0 Å². The summed E-state index contributed by atoms with van der Waals surface area (Å²) in [7, 11) is 0. The molecule has 0 aliphatic heterocycles. The van der Waals surface area contributed by atoms with Gasteiger partial charge in [-0.2, -0.15) is 0 Å². The Balaban J connectivity index is 3.93. The van der Waals surface area contributed by atoms with E-state index in [4.69, 9.17) is 0 Å². The van der Waals surface area contributed by atoms with Gasteiger partial charge in [0.15, 0.2) is 0 Å². The zero-order valence-electron chi connectivity index (χ0n) is 8.40. The molecule has 0 heterocycles. The summed E-state index contributed by atoms with van der Waals surface area (Å²) in [5, 5.41) is 0. The van der Waals surface area contributed by atoms with Gasteiger partial charge in [0, 0.05) is 5.92 Å². The Morgan fingerprint density at radius 2 is 1.91 bits per heavy atom. The quantitative estimate of drug-likeness (QED) is 0.611. The molecule has 0 saturated carbocycles. The SMILES string of the molecule is CCC(C)(C)CC(C)C(C)=O. The third-order valence-corrected chi connectivity index (χ3v) is 2.51. The molecule has 1 nitrogen and oxygen atoms in total. The van der Waals surface area contributed by atoms with Gasteiger partial charge in [-0.3, -0.25) is 4.79 Å². The van der Waals surface area contributed by atoms with E-state index >= 15 is 0 Å². The summed E-state index contributed by atoms with van der Waals surface area (Å²) in [4.78, 5) is 10.9. The zero-order valence-corrected chi connectivity index (χ0v) is 8.40. The minimum absolute atomic E-state index is 0.227. The maximum atomic E-state index is 10.9. The van der Waals surface area contributed by atoms with E-state index < -0.39 is 0 Å². The first-order valence-electron chi connectivity index (χ1n) is 4.39. The molecule has 0 amide bonds. The second-order valence-electron chi connectivity index (χ2n) is 4.23. The van der Waals surface area contributed by atoms with Crippen molar-refractivity contribution in [1.82, 2.24) is 0 Å². The Morgan fingerprint density at radius 3 is 2.18 bits per heavy atom. The fraction of sp³-hybridized carbons (Fsp3) is 0.900. The van der Waals surface area contributed by atoms with Crippen molar-refractivity contribution in [3.05, 3.63) is 0 Å². The van der Waals surface area contributed by atoms with Crippen LogP contribution in [0.5, 0.6) is 0 Å². The number of hydrogen-bond donors (Lipinski definition) is 0. The molecule has 1 unspecified atom stereocenters. The summed E-state index contributed by atoms with van der Waals surface area (Å²) in [6, 6.07) is 0. The second-order valence-corrected chi connectivity index (χ2v) is 4.23. The molecule has 0 spiro atoms. The molecule has 0 rings (SSSR count). The summed E-state index contributed by atoms with van der Waals surface area (Å²) >= 11 is 0. The lowest BCUT2D eigenvalue weighted by Crippen LogP contribution is -2.18. The predicted octanol–water partition coefficient (Wildman–Crippen LogP) is 3.04. The molecule has 0 radical (unpaired) electrons. The molecule has 0 aromatic carbocycles. The fourth-order valence-corrected chi connectivity index (χ4v) is 1.12. The molecule has 1 heteroatoms. The Kier molecular flexibility index (Phi) is 3.77. The Labute approximate surface area is 70.2 Å². The largest absolute Gasteiger partial charge is 0.300 e. The van der Waals surface area contributed by atoms with E-state index in [1.165, 1.54) is 0 Å². The van der Waals surface area contributed by atoms with Crippen molar-refractivity contribution in [2.75, 3.05) is 0 Å². The monoisotopic (exact) mass is 156 g/mol. The molecule has 0 fully saturated rings. The van der Waals surface area contributed by atoms with Crippen LogP contribution in [0.15, 0.2) is 0 Å². The van der Waals surface area contributed by atoms with Crippen LogP contribution < -0.4 is 0 Å². The third-order valence-electron chi connectivity index (χ3n) is 2.51. The minimum atomic E-state index is 0.227. The number of Topliss-reactive ketones (excluding diaryl/α,β-unsaturated/α-hetero) is 1. The first kappa shape index (κ1) is 10.7. The lowest BCUT2D eigenvalue weighted by molar-refractivity contribution is -0.121.